The van der Waals surface area contributed by atoms with Crippen molar-refractivity contribution in [3.05, 3.63) is 22.4 Å². The molecule has 1 aromatic rings. The highest BCUT2D eigenvalue weighted by Gasteiger charge is 2.04. The van der Waals surface area contributed by atoms with E-state index in [9.17, 15) is 10.1 Å². The molecule has 2 N–H and O–H groups in total. The first-order valence-corrected chi connectivity index (χ1v) is 2.43. The lowest BCUT2D eigenvalue weighted by Gasteiger charge is -1.88. The number of rotatable bonds is 1. The van der Waals surface area contributed by atoms with E-state index >= 15 is 0 Å². The number of nitrogens with zero attached hydrogens (tertiary/aromatic N) is 3. The van der Waals surface area contributed by atoms with Crippen molar-refractivity contribution in [3.8, 4) is 0 Å². The first-order chi connectivity index (χ1) is 4.70. The fraction of sp³-hybridized carbons (Fsp3) is 0. The highest BCUT2D eigenvalue weighted by molar-refractivity contribution is 5.37. The molecule has 1 aromatic heterocycles. The van der Waals surface area contributed by atoms with Crippen molar-refractivity contribution in [1.29, 1.82) is 0 Å². The molecule has 0 saturated carbocycles. The molecule has 1 heterocycles. The molecular weight excluding hydrogens is 136 g/mol. The smallest absolute Gasteiger partial charge is 0.293 e. The van der Waals surface area contributed by atoms with Crippen LogP contribution in [0.25, 0.3) is 0 Å². The third-order valence-corrected chi connectivity index (χ3v) is 0.870. The van der Waals surface area contributed by atoms with E-state index in [0.717, 1.165) is 12.3 Å². The molecule has 0 spiro atoms. The average Bonchev–Trinajstić information content (AvgIpc) is 1.88. The third kappa shape index (κ3) is 1.16. The molecule has 0 fully saturated rings. The standard InChI is InChI=1S/C4H4N4O2/c5-4-1-3(8(9)10)2-6-7-4/h1-2H,(H2,5,7). The van der Waals surface area contributed by atoms with Gasteiger partial charge in [-0.3, -0.25) is 10.1 Å². The molecule has 0 unspecified atom stereocenters. The lowest BCUT2D eigenvalue weighted by molar-refractivity contribution is -0.385. The maximum absolute atomic E-state index is 10.0. The van der Waals surface area contributed by atoms with Crippen molar-refractivity contribution in [2.75, 3.05) is 5.73 Å². The van der Waals surface area contributed by atoms with Gasteiger partial charge in [-0.15, -0.1) is 10.2 Å². The van der Waals surface area contributed by atoms with Crippen LogP contribution in [0.15, 0.2) is 12.3 Å². The summed E-state index contributed by atoms with van der Waals surface area (Å²) in [4.78, 5) is 9.46. The van der Waals surface area contributed by atoms with Gasteiger partial charge >= 0.3 is 0 Å². The van der Waals surface area contributed by atoms with Crippen molar-refractivity contribution in [2.24, 2.45) is 0 Å². The van der Waals surface area contributed by atoms with E-state index < -0.39 is 4.92 Å². The van der Waals surface area contributed by atoms with E-state index in [1.807, 2.05) is 0 Å². The Kier molecular flexibility index (Phi) is 1.44. The van der Waals surface area contributed by atoms with Gasteiger partial charge in [-0.1, -0.05) is 0 Å². The fourth-order valence-electron chi connectivity index (χ4n) is 0.472. The number of hydrogen-bond acceptors (Lipinski definition) is 5. The van der Waals surface area contributed by atoms with Gasteiger partial charge in [-0.2, -0.15) is 0 Å². The minimum atomic E-state index is -0.578. The van der Waals surface area contributed by atoms with E-state index in [-0.39, 0.29) is 11.5 Å². The second-order valence-electron chi connectivity index (χ2n) is 1.60. The maximum atomic E-state index is 10.0. The molecule has 0 bridgehead atoms. The average molecular weight is 140 g/mol. The number of anilines is 1. The predicted molar refractivity (Wildman–Crippen MR) is 33.1 cm³/mol. The van der Waals surface area contributed by atoms with Gasteiger partial charge in [0.25, 0.3) is 5.69 Å². The molecular formula is C4H4N4O2. The Morgan fingerprint density at radius 1 is 1.70 bits per heavy atom. The first-order valence-electron chi connectivity index (χ1n) is 2.43. The van der Waals surface area contributed by atoms with Gasteiger partial charge in [0.15, 0.2) is 5.82 Å². The number of nitrogens with two attached hydrogens (primary N) is 1. The van der Waals surface area contributed by atoms with Gasteiger partial charge in [0.2, 0.25) is 0 Å². The monoisotopic (exact) mass is 140 g/mol. The van der Waals surface area contributed by atoms with Gasteiger partial charge in [0.1, 0.15) is 6.20 Å². The Morgan fingerprint density at radius 2 is 2.40 bits per heavy atom. The van der Waals surface area contributed by atoms with Crippen LogP contribution in [0.2, 0.25) is 0 Å². The number of aromatic nitrogens is 2. The molecule has 10 heavy (non-hydrogen) atoms. The number of hydrogen-bond donors (Lipinski definition) is 1. The summed E-state index contributed by atoms with van der Waals surface area (Å²) in [5.74, 6) is 0.0502. The second kappa shape index (κ2) is 2.26. The van der Waals surface area contributed by atoms with Crippen LogP contribution in [0.4, 0.5) is 11.5 Å². The summed E-state index contributed by atoms with van der Waals surface area (Å²) in [6.45, 7) is 0. The van der Waals surface area contributed by atoms with Crippen LogP contribution >= 0.6 is 0 Å². The van der Waals surface area contributed by atoms with E-state index in [2.05, 4.69) is 10.2 Å². The summed E-state index contributed by atoms with van der Waals surface area (Å²) in [5.41, 5.74) is 4.97. The lowest BCUT2D eigenvalue weighted by atomic mass is 10.5. The summed E-state index contributed by atoms with van der Waals surface area (Å²) in [5, 5.41) is 16.7. The molecule has 0 aliphatic rings. The van der Waals surface area contributed by atoms with E-state index in [1.54, 1.807) is 0 Å². The molecule has 0 radical (unpaired) electrons. The summed E-state index contributed by atoms with van der Waals surface area (Å²) in [6.07, 6.45) is 1.04. The van der Waals surface area contributed by atoms with Crippen LogP contribution in [0.1, 0.15) is 0 Å². The van der Waals surface area contributed by atoms with E-state index in [4.69, 9.17) is 5.73 Å². The van der Waals surface area contributed by atoms with Gasteiger partial charge in [-0.05, 0) is 0 Å². The fourth-order valence-corrected chi connectivity index (χ4v) is 0.472. The summed E-state index contributed by atoms with van der Waals surface area (Å²) in [6, 6.07) is 1.15. The van der Waals surface area contributed by atoms with Crippen molar-refractivity contribution >= 4 is 11.5 Å². The zero-order valence-electron chi connectivity index (χ0n) is 4.89. The van der Waals surface area contributed by atoms with Crippen molar-refractivity contribution < 1.29 is 4.92 Å². The maximum Gasteiger partial charge on any atom is 0.293 e. The second-order valence-corrected chi connectivity index (χ2v) is 1.60. The van der Waals surface area contributed by atoms with Crippen LogP contribution in [-0.2, 0) is 0 Å². The molecule has 6 nitrogen and oxygen atoms in total. The molecule has 6 heteroatoms. The topological polar surface area (TPSA) is 94.9 Å². The molecule has 0 amide bonds. The Hall–Kier alpha value is -1.72. The summed E-state index contributed by atoms with van der Waals surface area (Å²) >= 11 is 0. The van der Waals surface area contributed by atoms with Gasteiger partial charge in [0.05, 0.1) is 11.0 Å². The first kappa shape index (κ1) is 6.40. The van der Waals surface area contributed by atoms with Crippen molar-refractivity contribution in [2.45, 2.75) is 0 Å². The number of nitrogen functional groups attached to an aromatic ring is 1. The SMILES string of the molecule is Nc1cc([N+](=O)[O-])cnn1. The molecule has 0 saturated heterocycles. The van der Waals surface area contributed by atoms with Crippen LogP contribution in [0.5, 0.6) is 0 Å². The Bertz CT molecular complexity index is 261. The van der Waals surface area contributed by atoms with Gasteiger partial charge in [0, 0.05) is 0 Å². The molecule has 0 aliphatic carbocycles. The Balaban J connectivity index is 3.07. The van der Waals surface area contributed by atoms with Crippen LogP contribution in [0, 0.1) is 10.1 Å². The number of nitro groups is 1. The van der Waals surface area contributed by atoms with Crippen LogP contribution < -0.4 is 5.73 Å². The minimum absolute atomic E-state index is 0.0502. The van der Waals surface area contributed by atoms with Crippen molar-refractivity contribution in [3.63, 3.8) is 0 Å². The van der Waals surface area contributed by atoms with Crippen molar-refractivity contribution in [1.82, 2.24) is 10.2 Å². The Morgan fingerprint density at radius 3 is 2.80 bits per heavy atom. The summed E-state index contributed by atoms with van der Waals surface area (Å²) in [7, 11) is 0. The molecule has 0 atom stereocenters. The zero-order chi connectivity index (χ0) is 7.56. The highest BCUT2D eigenvalue weighted by Crippen LogP contribution is 2.08. The largest absolute Gasteiger partial charge is 0.382 e. The van der Waals surface area contributed by atoms with Gasteiger partial charge in [-0.25, -0.2) is 0 Å². The quantitative estimate of drug-likeness (QED) is 0.436. The highest BCUT2D eigenvalue weighted by atomic mass is 16.6. The van der Waals surface area contributed by atoms with E-state index in [1.165, 1.54) is 0 Å². The zero-order valence-corrected chi connectivity index (χ0v) is 4.89. The normalized spacial score (nSPS) is 9.20. The molecule has 52 valence electrons. The van der Waals surface area contributed by atoms with Crippen LogP contribution in [0.3, 0.4) is 0 Å². The van der Waals surface area contributed by atoms with E-state index in [0.29, 0.717) is 0 Å². The molecule has 1 rings (SSSR count). The Labute approximate surface area is 55.8 Å². The summed E-state index contributed by atoms with van der Waals surface area (Å²) < 4.78 is 0. The third-order valence-electron chi connectivity index (χ3n) is 0.870. The van der Waals surface area contributed by atoms with Crippen LogP contribution in [-0.4, -0.2) is 15.1 Å². The van der Waals surface area contributed by atoms with Gasteiger partial charge < -0.3 is 5.73 Å². The predicted octanol–water partition coefficient (Wildman–Crippen LogP) is -0.0330. The molecule has 0 aromatic carbocycles. The lowest BCUT2D eigenvalue weighted by Crippen LogP contribution is -1.95. The molecule has 0 aliphatic heterocycles. The minimum Gasteiger partial charge on any atom is -0.382 e.